The summed E-state index contributed by atoms with van der Waals surface area (Å²) in [7, 11) is 0. The van der Waals surface area contributed by atoms with Crippen LogP contribution >= 0.6 is 11.6 Å². The lowest BCUT2D eigenvalue weighted by Crippen LogP contribution is -2.74. The van der Waals surface area contributed by atoms with Gasteiger partial charge in [-0.3, -0.25) is 29.2 Å². The van der Waals surface area contributed by atoms with Gasteiger partial charge in [-0.1, -0.05) is 57.5 Å². The van der Waals surface area contributed by atoms with E-state index in [2.05, 4.69) is 73.0 Å². The number of ether oxygens (including phenoxy) is 2. The Morgan fingerprint density at radius 2 is 1.66 bits per heavy atom. The zero-order valence-corrected chi connectivity index (χ0v) is 35.7. The Morgan fingerprint density at radius 1 is 0.918 bits per heavy atom. The highest BCUT2D eigenvalue weighted by Crippen LogP contribution is 2.55. The molecule has 0 radical (unpaired) electrons. The topological polar surface area (TPSA) is 148 Å². The number of halogens is 1. The molecule has 12 nitrogen and oxygen atoms in total. The zero-order valence-electron chi connectivity index (χ0n) is 34.9. The summed E-state index contributed by atoms with van der Waals surface area (Å²) in [6.45, 7) is 12.6. The number of nitriles is 1. The SMILES string of the molecule is CC(=O)N1CCc2c(c(-c3cccc4cc(-c5ccc(-c6ccc(C(=O)NC7C(C)(C)C(Oc8ccc(C#N)c(Cl)c8)C7(C)C)cn6)nc5)ncc34)nn2C2CCOCC2)C1. The number of rotatable bonds is 8. The van der Waals surface area contributed by atoms with E-state index in [-0.39, 0.29) is 30.0 Å². The quantitative estimate of drug-likeness (QED) is 0.159. The number of aromatic nitrogens is 5. The van der Waals surface area contributed by atoms with Gasteiger partial charge in [-0.2, -0.15) is 10.4 Å². The Balaban J connectivity index is 0.898. The Hall–Kier alpha value is -6.16. The normalized spacial score (nSPS) is 19.4. The molecule has 1 saturated carbocycles. The van der Waals surface area contributed by atoms with Crippen molar-refractivity contribution in [1.82, 2.24) is 34.9 Å². The van der Waals surface area contributed by atoms with E-state index in [4.69, 9.17) is 36.1 Å². The molecule has 310 valence electrons. The minimum absolute atomic E-state index is 0.0720. The summed E-state index contributed by atoms with van der Waals surface area (Å²) in [6, 6.07) is 23.0. The Kier molecular flexibility index (Phi) is 10.4. The van der Waals surface area contributed by atoms with Crippen LogP contribution in [-0.4, -0.2) is 73.4 Å². The molecule has 4 aromatic heterocycles. The summed E-state index contributed by atoms with van der Waals surface area (Å²) < 4.78 is 14.3. The number of amides is 2. The van der Waals surface area contributed by atoms with Crippen LogP contribution in [0.3, 0.4) is 0 Å². The molecular formula is C48H47ClN8O4. The molecule has 3 aliphatic rings. The number of hydrogen-bond acceptors (Lipinski definition) is 9. The lowest BCUT2D eigenvalue weighted by Gasteiger charge is -2.63. The molecule has 6 aromatic rings. The number of benzene rings is 2. The summed E-state index contributed by atoms with van der Waals surface area (Å²) in [5.41, 5.74) is 7.27. The maximum atomic E-state index is 13.5. The van der Waals surface area contributed by atoms with E-state index in [1.807, 2.05) is 29.3 Å². The monoisotopic (exact) mass is 834 g/mol. The molecule has 2 aromatic carbocycles. The number of hydrogen-bond donors (Lipinski definition) is 1. The minimum atomic E-state index is -0.394. The van der Waals surface area contributed by atoms with Gasteiger partial charge in [0.15, 0.2) is 0 Å². The number of nitrogens with zero attached hydrogens (tertiary/aromatic N) is 7. The average molecular weight is 835 g/mol. The fourth-order valence-corrected chi connectivity index (χ4v) is 10.1. The highest BCUT2D eigenvalue weighted by atomic mass is 35.5. The van der Waals surface area contributed by atoms with Crippen LogP contribution in [-0.2, 0) is 22.5 Å². The van der Waals surface area contributed by atoms with E-state index in [1.165, 1.54) is 5.69 Å². The third kappa shape index (κ3) is 7.29. The predicted octanol–water partition coefficient (Wildman–Crippen LogP) is 8.62. The molecule has 61 heavy (non-hydrogen) atoms. The molecule has 2 amide bonds. The Bertz CT molecular complexity index is 2700. The molecule has 1 N–H and O–H groups in total. The van der Waals surface area contributed by atoms with Gasteiger partial charge in [0.25, 0.3) is 5.91 Å². The first kappa shape index (κ1) is 40.3. The molecule has 1 aliphatic carbocycles. The second-order valence-corrected chi connectivity index (χ2v) is 17.9. The fraction of sp³-hybridized carbons (Fsp3) is 0.354. The van der Waals surface area contributed by atoms with Crippen LogP contribution in [0.5, 0.6) is 5.75 Å². The Morgan fingerprint density at radius 3 is 2.33 bits per heavy atom. The molecule has 0 unspecified atom stereocenters. The molecule has 13 heteroatoms. The standard InChI is InChI=1S/C48H47ClN8O4/c1-28(58)56-18-15-42-37(27-56)43(55-57(42)33-16-19-60-20-17-33)35-8-6-7-29-21-41(53-26-36(29)35)31-10-13-39(51-24-31)40-14-11-32(25-52-40)44(59)54-45-47(2,3)46(48(45,4)5)61-34-12-9-30(23-50)38(49)22-34/h6-14,21-22,24-26,33,45-46H,15-20,27H2,1-5H3,(H,54,59). The molecule has 0 bridgehead atoms. The van der Waals surface area contributed by atoms with Gasteiger partial charge >= 0.3 is 0 Å². The van der Waals surface area contributed by atoms with E-state index < -0.39 is 10.8 Å². The minimum Gasteiger partial charge on any atom is -0.489 e. The van der Waals surface area contributed by atoms with Crippen LogP contribution in [0, 0.1) is 22.2 Å². The first-order valence-electron chi connectivity index (χ1n) is 20.8. The lowest BCUT2D eigenvalue weighted by molar-refractivity contribution is -0.164. The van der Waals surface area contributed by atoms with E-state index in [1.54, 1.807) is 43.6 Å². The first-order valence-corrected chi connectivity index (χ1v) is 21.1. The zero-order chi connectivity index (χ0) is 42.6. The van der Waals surface area contributed by atoms with E-state index in [0.717, 1.165) is 71.3 Å². The second-order valence-electron chi connectivity index (χ2n) is 17.5. The summed E-state index contributed by atoms with van der Waals surface area (Å²) in [5.74, 6) is 0.435. The van der Waals surface area contributed by atoms with Crippen molar-refractivity contribution in [2.75, 3.05) is 19.8 Å². The van der Waals surface area contributed by atoms with Crippen molar-refractivity contribution in [3.05, 3.63) is 113 Å². The third-order valence-corrected chi connectivity index (χ3v) is 13.2. The van der Waals surface area contributed by atoms with Crippen molar-refractivity contribution in [2.24, 2.45) is 10.8 Å². The van der Waals surface area contributed by atoms with Gasteiger partial charge in [-0.15, -0.1) is 0 Å². The molecule has 1 saturated heterocycles. The van der Waals surface area contributed by atoms with E-state index in [0.29, 0.717) is 46.4 Å². The number of pyridine rings is 3. The molecule has 0 spiro atoms. The molecule has 0 atom stereocenters. The molecule has 2 fully saturated rings. The average Bonchev–Trinajstić information content (AvgIpc) is 3.66. The van der Waals surface area contributed by atoms with Gasteiger partial charge in [-0.05, 0) is 60.7 Å². The lowest BCUT2D eigenvalue weighted by atomic mass is 9.49. The van der Waals surface area contributed by atoms with Gasteiger partial charge in [0.05, 0.1) is 45.0 Å². The molecular weight excluding hydrogens is 788 g/mol. The van der Waals surface area contributed by atoms with Gasteiger partial charge in [0.1, 0.15) is 17.9 Å². The smallest absolute Gasteiger partial charge is 0.253 e. The highest BCUT2D eigenvalue weighted by Gasteiger charge is 2.64. The number of nitrogens with one attached hydrogen (secondary N) is 1. The van der Waals surface area contributed by atoms with Crippen molar-refractivity contribution in [1.29, 1.82) is 5.26 Å². The van der Waals surface area contributed by atoms with Crippen LogP contribution in [0.15, 0.2) is 85.3 Å². The van der Waals surface area contributed by atoms with Crippen molar-refractivity contribution >= 4 is 34.2 Å². The van der Waals surface area contributed by atoms with Gasteiger partial charge in [-0.25, -0.2) is 0 Å². The van der Waals surface area contributed by atoms with Crippen LogP contribution in [0.4, 0.5) is 0 Å². The first-order chi connectivity index (χ1) is 29.3. The van der Waals surface area contributed by atoms with Crippen LogP contribution < -0.4 is 10.1 Å². The number of carbonyl (C=O) groups excluding carboxylic acids is 2. The predicted molar refractivity (Wildman–Crippen MR) is 233 cm³/mol. The summed E-state index contributed by atoms with van der Waals surface area (Å²) in [4.78, 5) is 42.2. The van der Waals surface area contributed by atoms with Crippen molar-refractivity contribution in [3.8, 4) is 45.7 Å². The molecule has 9 rings (SSSR count). The number of fused-ring (bicyclic) bond motifs is 2. The van der Waals surface area contributed by atoms with Gasteiger partial charge < -0.3 is 19.7 Å². The largest absolute Gasteiger partial charge is 0.489 e. The van der Waals surface area contributed by atoms with Crippen LogP contribution in [0.2, 0.25) is 5.02 Å². The van der Waals surface area contributed by atoms with E-state index >= 15 is 0 Å². The molecule has 2 aliphatic heterocycles. The highest BCUT2D eigenvalue weighted by molar-refractivity contribution is 6.31. The summed E-state index contributed by atoms with van der Waals surface area (Å²) in [6.07, 6.45) is 7.69. The fourth-order valence-electron chi connectivity index (χ4n) is 9.89. The Labute approximate surface area is 359 Å². The number of carbonyl (C=O) groups is 2. The van der Waals surface area contributed by atoms with Crippen molar-refractivity contribution < 1.29 is 19.1 Å². The second kappa shape index (κ2) is 15.7. The third-order valence-electron chi connectivity index (χ3n) is 12.9. The van der Waals surface area contributed by atoms with Crippen molar-refractivity contribution in [2.45, 2.75) is 78.6 Å². The van der Waals surface area contributed by atoms with Gasteiger partial charge in [0.2, 0.25) is 5.91 Å². The van der Waals surface area contributed by atoms with Crippen LogP contribution in [0.25, 0.3) is 44.7 Å². The summed E-state index contributed by atoms with van der Waals surface area (Å²) >= 11 is 6.26. The van der Waals surface area contributed by atoms with E-state index in [9.17, 15) is 14.9 Å². The van der Waals surface area contributed by atoms with Crippen molar-refractivity contribution in [3.63, 3.8) is 0 Å². The maximum absolute atomic E-state index is 13.5. The molecule has 6 heterocycles. The summed E-state index contributed by atoms with van der Waals surface area (Å²) in [5, 5.41) is 20.1. The van der Waals surface area contributed by atoms with Gasteiger partial charge in [0, 0.05) is 109 Å². The van der Waals surface area contributed by atoms with Crippen LogP contribution in [0.1, 0.15) is 80.7 Å². The maximum Gasteiger partial charge on any atom is 0.253 e.